The summed E-state index contributed by atoms with van der Waals surface area (Å²) < 4.78 is 19.0. The second-order valence-corrected chi connectivity index (χ2v) is 4.46. The van der Waals surface area contributed by atoms with Gasteiger partial charge < -0.3 is 10.1 Å². The highest BCUT2D eigenvalue weighted by Crippen LogP contribution is 2.21. The van der Waals surface area contributed by atoms with Crippen LogP contribution in [0.3, 0.4) is 0 Å². The molecule has 0 aliphatic carbocycles. The number of carbonyl (C=O) groups is 1. The summed E-state index contributed by atoms with van der Waals surface area (Å²) in [6.45, 7) is -0.288. The lowest BCUT2D eigenvalue weighted by Gasteiger charge is -2.08. The third-order valence-corrected chi connectivity index (χ3v) is 2.92. The Morgan fingerprint density at radius 1 is 1.32 bits per heavy atom. The third-order valence-electron chi connectivity index (χ3n) is 2.23. The minimum Gasteiger partial charge on any atom is -0.479 e. The molecule has 0 unspecified atom stereocenters. The summed E-state index contributed by atoms with van der Waals surface area (Å²) in [7, 11) is 0. The Hall–Kier alpha value is -1.95. The summed E-state index contributed by atoms with van der Waals surface area (Å²) >= 11 is 3.31. The Labute approximate surface area is 117 Å². The number of nitrogens with zero attached hydrogens (tertiary/aromatic N) is 1. The second-order valence-electron chi connectivity index (χ2n) is 3.61. The molecule has 0 aliphatic rings. The van der Waals surface area contributed by atoms with Crippen LogP contribution in [0.1, 0.15) is 0 Å². The molecule has 1 heterocycles. The van der Waals surface area contributed by atoms with Gasteiger partial charge in [0.2, 0.25) is 0 Å². The largest absolute Gasteiger partial charge is 0.479 e. The molecule has 2 aromatic rings. The van der Waals surface area contributed by atoms with Gasteiger partial charge in [0.1, 0.15) is 0 Å². The maximum atomic E-state index is 13.2. The lowest BCUT2D eigenvalue weighted by atomic mass is 10.3. The van der Waals surface area contributed by atoms with Crippen molar-refractivity contribution >= 4 is 27.5 Å². The number of rotatable bonds is 4. The quantitative estimate of drug-likeness (QED) is 0.879. The Bertz CT molecular complexity index is 592. The lowest BCUT2D eigenvalue weighted by Crippen LogP contribution is -2.20. The molecule has 0 spiro atoms. The van der Waals surface area contributed by atoms with Crippen LogP contribution >= 0.6 is 15.9 Å². The van der Waals surface area contributed by atoms with Crippen LogP contribution < -0.4 is 10.1 Å². The van der Waals surface area contributed by atoms with Gasteiger partial charge in [0, 0.05) is 10.7 Å². The number of carbonyl (C=O) groups excluding carboxylic acids is 1. The zero-order chi connectivity index (χ0) is 13.7. The van der Waals surface area contributed by atoms with E-state index in [1.54, 1.807) is 18.2 Å². The van der Waals surface area contributed by atoms with Crippen LogP contribution in [0.5, 0.6) is 5.75 Å². The highest BCUT2D eigenvalue weighted by Gasteiger charge is 2.08. The number of hydrogen-bond acceptors (Lipinski definition) is 3. The summed E-state index contributed by atoms with van der Waals surface area (Å²) in [5.74, 6) is -1.17. The first kappa shape index (κ1) is 13.5. The maximum Gasteiger partial charge on any atom is 0.262 e. The molecule has 0 bridgehead atoms. The van der Waals surface area contributed by atoms with Crippen molar-refractivity contribution in [1.82, 2.24) is 4.98 Å². The van der Waals surface area contributed by atoms with Crippen LogP contribution in [0.25, 0.3) is 0 Å². The summed E-state index contributed by atoms with van der Waals surface area (Å²) in [4.78, 5) is 15.1. The van der Waals surface area contributed by atoms with E-state index in [9.17, 15) is 9.18 Å². The zero-order valence-corrected chi connectivity index (χ0v) is 11.4. The standard InChI is InChI=1S/C13H10BrFN2O2/c14-9-4-1-2-5-10(9)17-12(18)8-19-11-6-3-7-16-13(11)15/h1-7H,8H2,(H,17,18). The normalized spacial score (nSPS) is 10.0. The summed E-state index contributed by atoms with van der Waals surface area (Å²) in [5, 5.41) is 2.65. The minimum atomic E-state index is -0.740. The van der Waals surface area contributed by atoms with Gasteiger partial charge in [-0.25, -0.2) is 4.98 Å². The summed E-state index contributed by atoms with van der Waals surface area (Å²) in [5.41, 5.74) is 0.628. The molecule has 0 fully saturated rings. The summed E-state index contributed by atoms with van der Waals surface area (Å²) in [6.07, 6.45) is 1.31. The smallest absolute Gasteiger partial charge is 0.262 e. The average molecular weight is 325 g/mol. The topological polar surface area (TPSA) is 51.2 Å². The summed E-state index contributed by atoms with van der Waals surface area (Å²) in [6, 6.07) is 10.1. The number of hydrogen-bond donors (Lipinski definition) is 1. The number of benzene rings is 1. The number of anilines is 1. The number of amides is 1. The van der Waals surface area contributed by atoms with Gasteiger partial charge in [-0.05, 0) is 40.2 Å². The number of pyridine rings is 1. The van der Waals surface area contributed by atoms with E-state index in [1.807, 2.05) is 6.07 Å². The Balaban J connectivity index is 1.92. The molecule has 4 nitrogen and oxygen atoms in total. The lowest BCUT2D eigenvalue weighted by molar-refractivity contribution is -0.118. The molecule has 19 heavy (non-hydrogen) atoms. The molecular formula is C13H10BrFN2O2. The molecule has 1 N–H and O–H groups in total. The fraction of sp³-hybridized carbons (Fsp3) is 0.0769. The number of para-hydroxylation sites is 1. The van der Waals surface area contributed by atoms with Crippen molar-refractivity contribution in [3.05, 3.63) is 53.0 Å². The molecule has 1 aromatic heterocycles. The molecule has 0 saturated carbocycles. The van der Waals surface area contributed by atoms with Crippen LogP contribution in [-0.2, 0) is 4.79 Å². The van der Waals surface area contributed by atoms with Crippen molar-refractivity contribution < 1.29 is 13.9 Å². The van der Waals surface area contributed by atoms with E-state index in [4.69, 9.17) is 4.74 Å². The fourth-order valence-electron chi connectivity index (χ4n) is 1.37. The average Bonchev–Trinajstić information content (AvgIpc) is 2.40. The van der Waals surface area contributed by atoms with E-state index >= 15 is 0 Å². The third kappa shape index (κ3) is 3.75. The molecule has 1 aromatic carbocycles. The van der Waals surface area contributed by atoms with Crippen molar-refractivity contribution in [2.75, 3.05) is 11.9 Å². The number of ether oxygens (including phenoxy) is 1. The zero-order valence-electron chi connectivity index (χ0n) is 9.77. The maximum absolute atomic E-state index is 13.2. The number of aromatic nitrogens is 1. The highest BCUT2D eigenvalue weighted by molar-refractivity contribution is 9.10. The van der Waals surface area contributed by atoms with Crippen LogP contribution in [0.2, 0.25) is 0 Å². The Kier molecular flexibility index (Phi) is 4.46. The molecule has 6 heteroatoms. The first-order chi connectivity index (χ1) is 9.16. The van der Waals surface area contributed by atoms with Gasteiger partial charge in [0.05, 0.1) is 5.69 Å². The first-order valence-corrected chi connectivity index (χ1v) is 6.24. The van der Waals surface area contributed by atoms with Gasteiger partial charge in [0.15, 0.2) is 12.4 Å². The van der Waals surface area contributed by atoms with E-state index < -0.39 is 5.95 Å². The molecule has 0 aliphatic heterocycles. The van der Waals surface area contributed by atoms with Crippen LogP contribution in [0.4, 0.5) is 10.1 Å². The van der Waals surface area contributed by atoms with Gasteiger partial charge in [-0.15, -0.1) is 0 Å². The van der Waals surface area contributed by atoms with Crippen molar-refractivity contribution in [1.29, 1.82) is 0 Å². The fourth-order valence-corrected chi connectivity index (χ4v) is 1.76. The van der Waals surface area contributed by atoms with Gasteiger partial charge in [0.25, 0.3) is 11.9 Å². The van der Waals surface area contributed by atoms with E-state index in [0.717, 1.165) is 4.47 Å². The molecule has 0 radical (unpaired) electrons. The van der Waals surface area contributed by atoms with Gasteiger partial charge in [-0.3, -0.25) is 4.79 Å². The van der Waals surface area contributed by atoms with E-state index in [0.29, 0.717) is 5.69 Å². The predicted molar refractivity (Wildman–Crippen MR) is 72.5 cm³/mol. The number of nitrogens with one attached hydrogen (secondary N) is 1. The van der Waals surface area contributed by atoms with Crippen molar-refractivity contribution in [2.45, 2.75) is 0 Å². The van der Waals surface area contributed by atoms with Crippen molar-refractivity contribution in [3.63, 3.8) is 0 Å². The van der Waals surface area contributed by atoms with E-state index in [2.05, 4.69) is 26.2 Å². The Morgan fingerprint density at radius 3 is 2.84 bits per heavy atom. The van der Waals surface area contributed by atoms with Crippen LogP contribution in [0.15, 0.2) is 47.1 Å². The van der Waals surface area contributed by atoms with Gasteiger partial charge in [-0.1, -0.05) is 12.1 Å². The van der Waals surface area contributed by atoms with Crippen LogP contribution in [0, 0.1) is 5.95 Å². The van der Waals surface area contributed by atoms with Crippen LogP contribution in [-0.4, -0.2) is 17.5 Å². The van der Waals surface area contributed by atoms with E-state index in [1.165, 1.54) is 18.3 Å². The van der Waals surface area contributed by atoms with Crippen molar-refractivity contribution in [2.24, 2.45) is 0 Å². The Morgan fingerprint density at radius 2 is 2.11 bits per heavy atom. The minimum absolute atomic E-state index is 0.0511. The monoisotopic (exact) mass is 324 g/mol. The SMILES string of the molecule is O=C(COc1cccnc1F)Nc1ccccc1Br. The number of halogens is 2. The molecular weight excluding hydrogens is 315 g/mol. The molecule has 2 rings (SSSR count). The first-order valence-electron chi connectivity index (χ1n) is 5.44. The molecule has 0 saturated heterocycles. The molecule has 1 amide bonds. The molecule has 98 valence electrons. The van der Waals surface area contributed by atoms with Gasteiger partial charge in [-0.2, -0.15) is 4.39 Å². The van der Waals surface area contributed by atoms with Gasteiger partial charge >= 0.3 is 0 Å². The predicted octanol–water partition coefficient (Wildman–Crippen LogP) is 3.00. The molecule has 0 atom stereocenters. The second kappa shape index (κ2) is 6.29. The highest BCUT2D eigenvalue weighted by atomic mass is 79.9. The van der Waals surface area contributed by atoms with Crippen molar-refractivity contribution in [3.8, 4) is 5.75 Å². The van der Waals surface area contributed by atoms with E-state index in [-0.39, 0.29) is 18.3 Å².